The first-order chi connectivity index (χ1) is 21.4. The Balaban J connectivity index is 0.000000182. The summed E-state index contributed by atoms with van der Waals surface area (Å²) in [5, 5.41) is 71.7. The number of rotatable bonds is 2. The second-order valence-corrected chi connectivity index (χ2v) is 11.9. The van der Waals surface area contributed by atoms with Crippen LogP contribution in [0.2, 0.25) is 0 Å². The number of Topliss-reactive ketones (excluding diaryl/α,β-unsaturated/α-hetero) is 4. The van der Waals surface area contributed by atoms with E-state index in [1.54, 1.807) is 0 Å². The first kappa shape index (κ1) is 32.7. The molecule has 13 heteroatoms. The maximum atomic E-state index is 12.8. The number of hydrogen-bond acceptors (Lipinski definition) is 13. The molecule has 242 valence electrons. The highest BCUT2D eigenvalue weighted by molar-refractivity contribution is 6.30. The summed E-state index contributed by atoms with van der Waals surface area (Å²) >= 11 is 0. The number of methoxy groups -OCH3 is 2. The van der Waals surface area contributed by atoms with Gasteiger partial charge in [-0.15, -0.1) is 0 Å². The van der Waals surface area contributed by atoms with Gasteiger partial charge in [-0.2, -0.15) is 0 Å². The van der Waals surface area contributed by atoms with E-state index in [0.717, 1.165) is 0 Å². The van der Waals surface area contributed by atoms with Crippen LogP contribution in [0, 0.1) is 5.92 Å². The lowest BCUT2D eigenvalue weighted by Gasteiger charge is -2.44. The van der Waals surface area contributed by atoms with Gasteiger partial charge in [-0.1, -0.05) is 13.0 Å². The Morgan fingerprint density at radius 2 is 1.15 bits per heavy atom. The molecule has 0 spiro atoms. The molecule has 0 amide bonds. The van der Waals surface area contributed by atoms with Crippen LogP contribution in [0.15, 0.2) is 58.7 Å². The summed E-state index contributed by atoms with van der Waals surface area (Å²) in [7, 11) is 2.71. The Labute approximate surface area is 261 Å². The second kappa shape index (κ2) is 11.0. The van der Waals surface area contributed by atoms with Crippen molar-refractivity contribution >= 4 is 23.1 Å². The van der Waals surface area contributed by atoms with Gasteiger partial charge in [-0.25, -0.2) is 0 Å². The zero-order valence-corrected chi connectivity index (χ0v) is 25.4. The SMILES string of the molecule is COc1cc(O)c2c(c1)C(=O)C1=C(C2=O)[C@@H](O)[C@@H](C)[C@@](C)(O)[C@@H]1O.COc1cc(O)c2c(c1)C(=O)C1=C(C=C[C@@](C)(O)[C@@H]1O)C2=O. The van der Waals surface area contributed by atoms with E-state index in [9.17, 15) is 54.9 Å². The van der Waals surface area contributed by atoms with Crippen LogP contribution in [-0.2, 0) is 0 Å². The first-order valence-corrected chi connectivity index (χ1v) is 14.1. The van der Waals surface area contributed by atoms with Crippen molar-refractivity contribution < 1.29 is 64.4 Å². The van der Waals surface area contributed by atoms with Crippen molar-refractivity contribution in [2.24, 2.45) is 5.92 Å². The molecule has 4 aliphatic carbocycles. The highest BCUT2D eigenvalue weighted by Gasteiger charge is 2.54. The maximum absolute atomic E-state index is 12.8. The van der Waals surface area contributed by atoms with Gasteiger partial charge in [0, 0.05) is 51.5 Å². The Kier molecular flexibility index (Phi) is 7.82. The van der Waals surface area contributed by atoms with Gasteiger partial charge < -0.3 is 45.2 Å². The van der Waals surface area contributed by atoms with Crippen molar-refractivity contribution in [3.63, 3.8) is 0 Å². The quantitative estimate of drug-likeness (QED) is 0.244. The average molecular weight is 637 g/mol. The predicted octanol–water partition coefficient (Wildman–Crippen LogP) is 0.957. The molecule has 0 unspecified atom stereocenters. The second-order valence-electron chi connectivity index (χ2n) is 11.9. The van der Waals surface area contributed by atoms with Crippen LogP contribution in [0.4, 0.5) is 0 Å². The molecule has 2 aromatic rings. The van der Waals surface area contributed by atoms with Gasteiger partial charge in [0.2, 0.25) is 0 Å². The smallest absolute Gasteiger partial charge is 0.198 e. The molecule has 0 aromatic heterocycles. The van der Waals surface area contributed by atoms with Crippen molar-refractivity contribution in [2.75, 3.05) is 14.2 Å². The maximum Gasteiger partial charge on any atom is 0.198 e. The number of allylic oxidation sites excluding steroid dienone is 2. The highest BCUT2D eigenvalue weighted by atomic mass is 16.5. The summed E-state index contributed by atoms with van der Waals surface area (Å²) in [5.74, 6) is -3.96. The Morgan fingerprint density at radius 1 is 0.674 bits per heavy atom. The van der Waals surface area contributed by atoms with Crippen LogP contribution in [0.5, 0.6) is 23.0 Å². The molecular formula is C33H32O13. The molecule has 0 fully saturated rings. The first-order valence-electron chi connectivity index (χ1n) is 14.1. The van der Waals surface area contributed by atoms with E-state index in [1.807, 2.05) is 0 Å². The number of phenols is 2. The van der Waals surface area contributed by atoms with Gasteiger partial charge in [0.05, 0.1) is 37.1 Å². The van der Waals surface area contributed by atoms with Crippen molar-refractivity contribution in [1.29, 1.82) is 0 Å². The van der Waals surface area contributed by atoms with Crippen molar-refractivity contribution in [1.82, 2.24) is 0 Å². The molecule has 4 aliphatic rings. The molecule has 0 radical (unpaired) electrons. The lowest BCUT2D eigenvalue weighted by atomic mass is 9.65. The molecule has 0 saturated carbocycles. The van der Waals surface area contributed by atoms with Gasteiger partial charge in [0.15, 0.2) is 23.1 Å². The predicted molar refractivity (Wildman–Crippen MR) is 158 cm³/mol. The number of phenolic OH excluding ortho intramolecular Hbond substituents is 2. The Bertz CT molecular complexity index is 1820. The van der Waals surface area contributed by atoms with Crippen LogP contribution in [0.1, 0.15) is 62.2 Å². The third-order valence-electron chi connectivity index (χ3n) is 9.09. The summed E-state index contributed by atoms with van der Waals surface area (Å²) in [4.78, 5) is 50.7. The summed E-state index contributed by atoms with van der Waals surface area (Å²) in [6, 6.07) is 5.05. The number of ether oxygens (including phenoxy) is 2. The molecule has 0 aliphatic heterocycles. The zero-order chi connectivity index (χ0) is 34.2. The minimum absolute atomic E-state index is 0.0167. The van der Waals surface area contributed by atoms with E-state index in [0.29, 0.717) is 0 Å². The van der Waals surface area contributed by atoms with Gasteiger partial charge in [-0.05, 0) is 32.1 Å². The summed E-state index contributed by atoms with van der Waals surface area (Å²) in [6.07, 6.45) is -2.04. The number of ketones is 4. The normalized spacial score (nSPS) is 29.8. The van der Waals surface area contributed by atoms with Crippen molar-refractivity contribution in [3.8, 4) is 23.0 Å². The standard InChI is InChI=1S/C17H18O7.C16H14O6/c1-6-13(19)11-12(16(22)17(6,2)23)14(20)8-4-7(24-3)5-9(18)10(8)15(11)21;1-16(21)4-3-8-12(15(16)20)14(19)9-5-7(22-2)6-10(17)11(9)13(8)18/h4-6,13,16,18-19,22-23H,1-3H3;3-6,15,17,20-21H,1-2H3/t6-,13+,16-,17-;15-,16-/m11/s1. The summed E-state index contributed by atoms with van der Waals surface area (Å²) < 4.78 is 9.97. The number of hydrogen-bond donors (Lipinski definition) is 7. The molecule has 0 heterocycles. The number of carbonyl (C=O) groups is 4. The topological polar surface area (TPSA) is 228 Å². The van der Waals surface area contributed by atoms with Gasteiger partial charge >= 0.3 is 0 Å². The van der Waals surface area contributed by atoms with Gasteiger partial charge in [-0.3, -0.25) is 19.2 Å². The molecule has 0 bridgehead atoms. The Morgan fingerprint density at radius 3 is 1.65 bits per heavy atom. The molecule has 13 nitrogen and oxygen atoms in total. The molecule has 6 rings (SSSR count). The zero-order valence-electron chi connectivity index (χ0n) is 25.4. The lowest BCUT2D eigenvalue weighted by molar-refractivity contribution is -0.114. The van der Waals surface area contributed by atoms with Crippen LogP contribution in [0.25, 0.3) is 0 Å². The monoisotopic (exact) mass is 636 g/mol. The fourth-order valence-corrected chi connectivity index (χ4v) is 6.07. The van der Waals surface area contributed by atoms with Crippen molar-refractivity contribution in [2.45, 2.75) is 50.3 Å². The molecule has 7 N–H and O–H groups in total. The summed E-state index contributed by atoms with van der Waals surface area (Å²) in [5.41, 5.74) is -4.77. The fourth-order valence-electron chi connectivity index (χ4n) is 6.07. The van der Waals surface area contributed by atoms with Crippen LogP contribution in [-0.4, -0.2) is 103 Å². The third kappa shape index (κ3) is 4.66. The molecule has 6 atom stereocenters. The Hall–Kier alpha value is -4.66. The minimum atomic E-state index is -1.79. The van der Waals surface area contributed by atoms with E-state index in [2.05, 4.69) is 0 Å². The molecule has 2 aromatic carbocycles. The largest absolute Gasteiger partial charge is 0.507 e. The fraction of sp³-hybridized carbons (Fsp3) is 0.333. The van der Waals surface area contributed by atoms with E-state index in [1.165, 1.54) is 71.4 Å². The number of aliphatic hydroxyl groups excluding tert-OH is 3. The van der Waals surface area contributed by atoms with E-state index in [-0.39, 0.29) is 61.8 Å². The van der Waals surface area contributed by atoms with Crippen LogP contribution < -0.4 is 9.47 Å². The van der Waals surface area contributed by atoms with Gasteiger partial charge in [0.1, 0.15) is 40.8 Å². The minimum Gasteiger partial charge on any atom is -0.507 e. The number of aromatic hydroxyl groups is 2. The molecule has 46 heavy (non-hydrogen) atoms. The highest BCUT2D eigenvalue weighted by Crippen LogP contribution is 2.45. The van der Waals surface area contributed by atoms with E-state index in [4.69, 9.17) is 9.47 Å². The van der Waals surface area contributed by atoms with E-state index < -0.39 is 64.3 Å². The average Bonchev–Trinajstić information content (AvgIpc) is 3.00. The molecule has 0 saturated heterocycles. The number of carbonyl (C=O) groups excluding carboxylic acids is 4. The van der Waals surface area contributed by atoms with Crippen LogP contribution >= 0.6 is 0 Å². The van der Waals surface area contributed by atoms with Crippen molar-refractivity contribution in [3.05, 3.63) is 81.0 Å². The van der Waals surface area contributed by atoms with Crippen LogP contribution in [0.3, 0.4) is 0 Å². The number of benzene rings is 2. The lowest BCUT2D eigenvalue weighted by Crippen LogP contribution is -2.57. The summed E-state index contributed by atoms with van der Waals surface area (Å²) in [6.45, 7) is 4.11. The van der Waals surface area contributed by atoms with E-state index >= 15 is 0 Å². The van der Waals surface area contributed by atoms with Gasteiger partial charge in [0.25, 0.3) is 0 Å². The molecular weight excluding hydrogens is 604 g/mol. The third-order valence-corrected chi connectivity index (χ3v) is 9.09. The number of aliphatic hydroxyl groups is 5. The number of fused-ring (bicyclic) bond motifs is 2.